The van der Waals surface area contributed by atoms with Crippen LogP contribution in [-0.2, 0) is 9.53 Å². The van der Waals surface area contributed by atoms with Crippen LogP contribution in [0.4, 0.5) is 0 Å². The molecule has 1 rings (SSSR count). The standard InChI is InChI=1S/C6H6O2/c1-5-3-2-4-6(7)8-5/h2,4H,1,3H2. The van der Waals surface area contributed by atoms with Crippen LogP contribution < -0.4 is 0 Å². The van der Waals surface area contributed by atoms with Gasteiger partial charge in [0.25, 0.3) is 0 Å². The lowest BCUT2D eigenvalue weighted by atomic mass is 10.3. The largest absolute Gasteiger partial charge is 0.428 e. The lowest BCUT2D eigenvalue weighted by Crippen LogP contribution is -2.03. The number of rotatable bonds is 0. The van der Waals surface area contributed by atoms with E-state index in [1.54, 1.807) is 6.08 Å². The Morgan fingerprint density at radius 2 is 2.50 bits per heavy atom. The van der Waals surface area contributed by atoms with Crippen LogP contribution >= 0.6 is 0 Å². The quantitative estimate of drug-likeness (QED) is 0.435. The van der Waals surface area contributed by atoms with Gasteiger partial charge in [0.2, 0.25) is 0 Å². The van der Waals surface area contributed by atoms with E-state index < -0.39 is 0 Å². The van der Waals surface area contributed by atoms with Crippen molar-refractivity contribution >= 4 is 5.97 Å². The second-order valence-electron chi connectivity index (χ2n) is 1.57. The molecule has 0 radical (unpaired) electrons. The minimum atomic E-state index is -0.318. The number of hydrogen-bond acceptors (Lipinski definition) is 2. The minimum Gasteiger partial charge on any atom is -0.428 e. The normalized spacial score (nSPS) is 18.5. The van der Waals surface area contributed by atoms with Crippen molar-refractivity contribution in [2.24, 2.45) is 0 Å². The molecule has 1 aliphatic heterocycles. The molecular weight excluding hydrogens is 104 g/mol. The van der Waals surface area contributed by atoms with Gasteiger partial charge in [-0.1, -0.05) is 12.7 Å². The Labute approximate surface area is 47.5 Å². The van der Waals surface area contributed by atoms with Gasteiger partial charge < -0.3 is 4.74 Å². The number of ether oxygens (including phenoxy) is 1. The summed E-state index contributed by atoms with van der Waals surface area (Å²) in [6.07, 6.45) is 3.79. The number of carbonyl (C=O) groups is 1. The number of allylic oxidation sites excluding steroid dienone is 1. The summed E-state index contributed by atoms with van der Waals surface area (Å²) in [4.78, 5) is 10.3. The third-order valence-corrected chi connectivity index (χ3v) is 0.844. The highest BCUT2D eigenvalue weighted by atomic mass is 16.5. The molecule has 0 aromatic heterocycles. The highest BCUT2D eigenvalue weighted by Crippen LogP contribution is 2.07. The first-order valence-corrected chi connectivity index (χ1v) is 2.35. The first kappa shape index (κ1) is 5.09. The molecule has 0 aromatic rings. The molecule has 8 heavy (non-hydrogen) atoms. The molecule has 0 aromatic carbocycles. The summed E-state index contributed by atoms with van der Waals surface area (Å²) < 4.78 is 4.57. The summed E-state index contributed by atoms with van der Waals surface area (Å²) in [5.74, 6) is 0.207. The van der Waals surface area contributed by atoms with Crippen molar-refractivity contribution in [2.45, 2.75) is 6.42 Å². The highest BCUT2D eigenvalue weighted by molar-refractivity contribution is 5.83. The second kappa shape index (κ2) is 1.82. The fourth-order valence-corrected chi connectivity index (χ4v) is 0.505. The molecular formula is C6H6O2. The Morgan fingerprint density at radius 3 is 2.88 bits per heavy atom. The van der Waals surface area contributed by atoms with Crippen molar-refractivity contribution in [3.63, 3.8) is 0 Å². The highest BCUT2D eigenvalue weighted by Gasteiger charge is 2.03. The number of carbonyl (C=O) groups excluding carboxylic acids is 1. The van der Waals surface area contributed by atoms with E-state index in [1.165, 1.54) is 6.08 Å². The number of esters is 1. The lowest BCUT2D eigenvalue weighted by Gasteiger charge is -2.05. The van der Waals surface area contributed by atoms with Crippen LogP contribution in [0.2, 0.25) is 0 Å². The van der Waals surface area contributed by atoms with Crippen molar-refractivity contribution in [1.82, 2.24) is 0 Å². The zero-order chi connectivity index (χ0) is 5.98. The van der Waals surface area contributed by atoms with E-state index in [0.29, 0.717) is 12.2 Å². The fourth-order valence-electron chi connectivity index (χ4n) is 0.505. The summed E-state index contributed by atoms with van der Waals surface area (Å²) >= 11 is 0. The molecule has 0 fully saturated rings. The Kier molecular flexibility index (Phi) is 1.16. The van der Waals surface area contributed by atoms with Gasteiger partial charge in [0.1, 0.15) is 5.76 Å². The average molecular weight is 110 g/mol. The van der Waals surface area contributed by atoms with E-state index in [0.717, 1.165) is 0 Å². The van der Waals surface area contributed by atoms with Gasteiger partial charge in [-0.3, -0.25) is 0 Å². The Bertz CT molecular complexity index is 156. The maximum Gasteiger partial charge on any atom is 0.335 e. The van der Waals surface area contributed by atoms with Crippen LogP contribution in [-0.4, -0.2) is 5.97 Å². The molecule has 0 amide bonds. The van der Waals surface area contributed by atoms with Gasteiger partial charge in [-0.15, -0.1) is 0 Å². The fraction of sp³-hybridized carbons (Fsp3) is 0.167. The van der Waals surface area contributed by atoms with Gasteiger partial charge in [0.05, 0.1) is 0 Å². The zero-order valence-electron chi connectivity index (χ0n) is 4.39. The third kappa shape index (κ3) is 0.964. The van der Waals surface area contributed by atoms with Crippen molar-refractivity contribution in [2.75, 3.05) is 0 Å². The predicted octanol–water partition coefficient (Wildman–Crippen LogP) is 1.00. The van der Waals surface area contributed by atoms with Gasteiger partial charge in [-0.2, -0.15) is 0 Å². The molecule has 0 aliphatic carbocycles. The van der Waals surface area contributed by atoms with Gasteiger partial charge in [-0.05, 0) is 0 Å². The topological polar surface area (TPSA) is 26.3 Å². The first-order valence-electron chi connectivity index (χ1n) is 2.35. The van der Waals surface area contributed by atoms with Gasteiger partial charge in [-0.25, -0.2) is 4.79 Å². The first-order chi connectivity index (χ1) is 3.79. The molecule has 0 saturated carbocycles. The lowest BCUT2D eigenvalue weighted by molar-refractivity contribution is -0.134. The Balaban J connectivity index is 2.68. The molecule has 0 bridgehead atoms. The zero-order valence-corrected chi connectivity index (χ0v) is 4.39. The van der Waals surface area contributed by atoms with E-state index in [1.807, 2.05) is 0 Å². The van der Waals surface area contributed by atoms with Crippen LogP contribution in [0.5, 0.6) is 0 Å². The van der Waals surface area contributed by atoms with Crippen LogP contribution in [0.3, 0.4) is 0 Å². The Hall–Kier alpha value is -1.05. The molecule has 1 heterocycles. The van der Waals surface area contributed by atoms with Crippen LogP contribution in [0, 0.1) is 0 Å². The Morgan fingerprint density at radius 1 is 1.75 bits per heavy atom. The number of hydrogen-bond donors (Lipinski definition) is 0. The molecule has 1 aliphatic rings. The summed E-state index contributed by atoms with van der Waals surface area (Å²) in [5.41, 5.74) is 0. The van der Waals surface area contributed by atoms with Crippen LogP contribution in [0.25, 0.3) is 0 Å². The SMILES string of the molecule is C=C1CC=CC(=O)O1. The molecule has 42 valence electrons. The molecule has 2 heteroatoms. The van der Waals surface area contributed by atoms with Crippen molar-refractivity contribution in [1.29, 1.82) is 0 Å². The molecule has 2 nitrogen and oxygen atoms in total. The van der Waals surface area contributed by atoms with Crippen molar-refractivity contribution < 1.29 is 9.53 Å². The number of cyclic esters (lactones) is 1. The summed E-state index contributed by atoms with van der Waals surface area (Å²) in [7, 11) is 0. The smallest absolute Gasteiger partial charge is 0.335 e. The van der Waals surface area contributed by atoms with Crippen LogP contribution in [0.1, 0.15) is 6.42 Å². The summed E-state index contributed by atoms with van der Waals surface area (Å²) in [6, 6.07) is 0. The van der Waals surface area contributed by atoms with E-state index in [4.69, 9.17) is 0 Å². The monoisotopic (exact) mass is 110 g/mol. The van der Waals surface area contributed by atoms with Gasteiger partial charge in [0.15, 0.2) is 0 Å². The van der Waals surface area contributed by atoms with Gasteiger partial charge in [0, 0.05) is 12.5 Å². The predicted molar refractivity (Wildman–Crippen MR) is 29.0 cm³/mol. The van der Waals surface area contributed by atoms with E-state index in [9.17, 15) is 4.79 Å². The maximum absolute atomic E-state index is 10.3. The summed E-state index contributed by atoms with van der Waals surface area (Å²) in [6.45, 7) is 3.47. The third-order valence-electron chi connectivity index (χ3n) is 0.844. The average Bonchev–Trinajstić information content (AvgIpc) is 1.64. The summed E-state index contributed by atoms with van der Waals surface area (Å²) in [5, 5.41) is 0. The molecule has 0 atom stereocenters. The van der Waals surface area contributed by atoms with E-state index in [-0.39, 0.29) is 5.97 Å². The maximum atomic E-state index is 10.3. The van der Waals surface area contributed by atoms with Gasteiger partial charge >= 0.3 is 5.97 Å². The van der Waals surface area contributed by atoms with E-state index >= 15 is 0 Å². The molecule has 0 N–H and O–H groups in total. The van der Waals surface area contributed by atoms with Crippen molar-refractivity contribution in [3.05, 3.63) is 24.5 Å². The van der Waals surface area contributed by atoms with Crippen LogP contribution in [0.15, 0.2) is 24.5 Å². The molecule has 0 saturated heterocycles. The van der Waals surface area contributed by atoms with Crippen molar-refractivity contribution in [3.8, 4) is 0 Å². The second-order valence-corrected chi connectivity index (χ2v) is 1.57. The van der Waals surface area contributed by atoms with E-state index in [2.05, 4.69) is 11.3 Å². The molecule has 0 spiro atoms. The molecule has 0 unspecified atom stereocenters. The minimum absolute atomic E-state index is 0.318.